The Kier molecular flexibility index (Phi) is 4.76. The first-order valence-electron chi connectivity index (χ1n) is 8.01. The standard InChI is InChI=1S/C18H21N3O3S/c1-13-3-8-17(20-9-13)24-16-6-4-15(5-7-16)18(22)21-10-14(11-21)12-25(2,19)23/h3-9,14,19H,10-12H2,1-2H3. The van der Waals surface area contributed by atoms with Gasteiger partial charge in [-0.2, -0.15) is 0 Å². The lowest BCUT2D eigenvalue weighted by Crippen LogP contribution is -2.52. The Morgan fingerprint density at radius 3 is 2.52 bits per heavy atom. The first kappa shape index (κ1) is 17.4. The van der Waals surface area contributed by atoms with Crippen molar-refractivity contribution < 1.29 is 13.7 Å². The summed E-state index contributed by atoms with van der Waals surface area (Å²) in [5.41, 5.74) is 1.65. The third kappa shape index (κ3) is 4.57. The monoisotopic (exact) mass is 359 g/mol. The average molecular weight is 359 g/mol. The van der Waals surface area contributed by atoms with Crippen molar-refractivity contribution in [2.45, 2.75) is 6.92 Å². The third-order valence-electron chi connectivity index (χ3n) is 4.01. The summed E-state index contributed by atoms with van der Waals surface area (Å²) in [7, 11) is -2.50. The average Bonchev–Trinajstić information content (AvgIpc) is 2.52. The molecule has 1 atom stereocenters. The van der Waals surface area contributed by atoms with E-state index in [9.17, 15) is 9.00 Å². The molecule has 25 heavy (non-hydrogen) atoms. The van der Waals surface area contributed by atoms with Crippen molar-refractivity contribution >= 4 is 15.6 Å². The molecule has 2 heterocycles. The number of rotatable bonds is 5. The van der Waals surface area contributed by atoms with Crippen LogP contribution in [0.2, 0.25) is 0 Å². The number of likely N-dealkylation sites (tertiary alicyclic amines) is 1. The fourth-order valence-corrected chi connectivity index (χ4v) is 3.88. The molecule has 0 bridgehead atoms. The fourth-order valence-electron chi connectivity index (χ4n) is 2.77. The number of hydrogen-bond donors (Lipinski definition) is 1. The minimum atomic E-state index is -2.50. The van der Waals surface area contributed by atoms with Gasteiger partial charge in [-0.25, -0.2) is 4.98 Å². The predicted molar refractivity (Wildman–Crippen MR) is 96.5 cm³/mol. The van der Waals surface area contributed by atoms with Crippen LogP contribution in [0.3, 0.4) is 0 Å². The van der Waals surface area contributed by atoms with E-state index in [0.717, 1.165) is 5.56 Å². The molecule has 6 nitrogen and oxygen atoms in total. The van der Waals surface area contributed by atoms with Crippen molar-refractivity contribution in [1.29, 1.82) is 4.78 Å². The van der Waals surface area contributed by atoms with Crippen LogP contribution in [0.1, 0.15) is 15.9 Å². The van der Waals surface area contributed by atoms with Crippen LogP contribution in [0.25, 0.3) is 0 Å². The van der Waals surface area contributed by atoms with Crippen LogP contribution in [-0.2, 0) is 9.73 Å². The lowest BCUT2D eigenvalue weighted by atomic mass is 10.0. The molecular weight excluding hydrogens is 338 g/mol. The Hall–Kier alpha value is -2.41. The molecule has 0 aliphatic carbocycles. The van der Waals surface area contributed by atoms with E-state index in [0.29, 0.717) is 36.0 Å². The number of ether oxygens (including phenoxy) is 1. The van der Waals surface area contributed by atoms with Gasteiger partial charge in [0.1, 0.15) is 5.75 Å². The molecule has 2 aromatic rings. The predicted octanol–water partition coefficient (Wildman–Crippen LogP) is 2.93. The molecule has 1 aromatic carbocycles. The molecule has 7 heteroatoms. The fraction of sp³-hybridized carbons (Fsp3) is 0.333. The molecule has 1 aliphatic heterocycles. The molecular formula is C18H21N3O3S. The Morgan fingerprint density at radius 1 is 1.28 bits per heavy atom. The summed E-state index contributed by atoms with van der Waals surface area (Å²) in [6, 6.07) is 10.7. The van der Waals surface area contributed by atoms with Crippen LogP contribution >= 0.6 is 0 Å². The summed E-state index contributed by atoms with van der Waals surface area (Å²) in [5, 5.41) is 0. The molecule has 1 amide bonds. The summed E-state index contributed by atoms with van der Waals surface area (Å²) < 4.78 is 24.6. The molecule has 3 rings (SSSR count). The van der Waals surface area contributed by atoms with E-state index in [1.54, 1.807) is 41.4 Å². The van der Waals surface area contributed by atoms with Gasteiger partial charge in [0.25, 0.3) is 5.91 Å². The van der Waals surface area contributed by atoms with Crippen molar-refractivity contribution in [2.75, 3.05) is 25.1 Å². The summed E-state index contributed by atoms with van der Waals surface area (Å²) in [4.78, 5) is 18.3. The van der Waals surface area contributed by atoms with Crippen molar-refractivity contribution in [2.24, 2.45) is 5.92 Å². The quantitative estimate of drug-likeness (QED) is 0.890. The molecule has 1 N–H and O–H groups in total. The second kappa shape index (κ2) is 6.84. The second-order valence-corrected chi connectivity index (χ2v) is 8.89. The number of carbonyl (C=O) groups excluding carboxylic acids is 1. The van der Waals surface area contributed by atoms with Crippen molar-refractivity contribution in [1.82, 2.24) is 9.88 Å². The van der Waals surface area contributed by atoms with E-state index < -0.39 is 9.73 Å². The van der Waals surface area contributed by atoms with Crippen molar-refractivity contribution in [3.63, 3.8) is 0 Å². The van der Waals surface area contributed by atoms with E-state index in [1.165, 1.54) is 6.26 Å². The van der Waals surface area contributed by atoms with Gasteiger partial charge in [0, 0.05) is 58.6 Å². The molecule has 0 radical (unpaired) electrons. The summed E-state index contributed by atoms with van der Waals surface area (Å²) in [5.74, 6) is 1.59. The van der Waals surface area contributed by atoms with Crippen LogP contribution in [0.5, 0.6) is 11.6 Å². The van der Waals surface area contributed by atoms with Crippen LogP contribution in [-0.4, -0.2) is 45.1 Å². The van der Waals surface area contributed by atoms with Gasteiger partial charge >= 0.3 is 0 Å². The van der Waals surface area contributed by atoms with Crippen LogP contribution in [0.4, 0.5) is 0 Å². The number of benzene rings is 1. The van der Waals surface area contributed by atoms with E-state index in [2.05, 4.69) is 4.98 Å². The first-order chi connectivity index (χ1) is 11.8. The normalized spacial score (nSPS) is 16.8. The lowest BCUT2D eigenvalue weighted by molar-refractivity contribution is 0.0535. The Labute approximate surface area is 147 Å². The van der Waals surface area contributed by atoms with Gasteiger partial charge in [0.2, 0.25) is 5.88 Å². The van der Waals surface area contributed by atoms with Crippen LogP contribution in [0.15, 0.2) is 42.6 Å². The minimum absolute atomic E-state index is 0.0520. The zero-order chi connectivity index (χ0) is 18.0. The third-order valence-corrected chi connectivity index (χ3v) is 5.11. The van der Waals surface area contributed by atoms with Gasteiger partial charge in [-0.3, -0.25) is 13.8 Å². The number of carbonyl (C=O) groups is 1. The van der Waals surface area contributed by atoms with E-state index in [1.807, 2.05) is 13.0 Å². The first-order valence-corrected chi connectivity index (χ1v) is 10.1. The topological polar surface area (TPSA) is 83.4 Å². The number of pyridine rings is 1. The smallest absolute Gasteiger partial charge is 0.253 e. The lowest BCUT2D eigenvalue weighted by Gasteiger charge is -2.39. The van der Waals surface area contributed by atoms with Gasteiger partial charge in [-0.15, -0.1) is 0 Å². The SMILES string of the molecule is Cc1ccc(Oc2ccc(C(=O)N3CC(CS(C)(=N)=O)C3)cc2)nc1. The highest BCUT2D eigenvalue weighted by atomic mass is 32.2. The summed E-state index contributed by atoms with van der Waals surface area (Å²) in [6.07, 6.45) is 3.18. The molecule has 1 unspecified atom stereocenters. The second-order valence-electron chi connectivity index (χ2n) is 6.55. The maximum absolute atomic E-state index is 12.4. The molecule has 1 fully saturated rings. The molecule has 0 saturated carbocycles. The van der Waals surface area contributed by atoms with Gasteiger partial charge in [-0.05, 0) is 36.8 Å². The van der Waals surface area contributed by atoms with E-state index in [-0.39, 0.29) is 11.8 Å². The van der Waals surface area contributed by atoms with Crippen molar-refractivity contribution in [3.8, 4) is 11.6 Å². The van der Waals surface area contributed by atoms with E-state index >= 15 is 0 Å². The molecule has 1 saturated heterocycles. The maximum Gasteiger partial charge on any atom is 0.253 e. The van der Waals surface area contributed by atoms with Gasteiger partial charge in [0.05, 0.1) is 0 Å². The number of aromatic nitrogens is 1. The maximum atomic E-state index is 12.4. The summed E-state index contributed by atoms with van der Waals surface area (Å²) >= 11 is 0. The van der Waals surface area contributed by atoms with Gasteiger partial charge in [0.15, 0.2) is 0 Å². The number of amides is 1. The zero-order valence-corrected chi connectivity index (χ0v) is 15.1. The zero-order valence-electron chi connectivity index (χ0n) is 14.3. The highest BCUT2D eigenvalue weighted by Crippen LogP contribution is 2.23. The summed E-state index contributed by atoms with van der Waals surface area (Å²) in [6.45, 7) is 3.09. The number of nitrogens with zero attached hydrogens (tertiary/aromatic N) is 2. The van der Waals surface area contributed by atoms with Crippen molar-refractivity contribution in [3.05, 3.63) is 53.7 Å². The molecule has 0 spiro atoms. The van der Waals surface area contributed by atoms with E-state index in [4.69, 9.17) is 9.52 Å². The minimum Gasteiger partial charge on any atom is -0.439 e. The highest BCUT2D eigenvalue weighted by Gasteiger charge is 2.32. The largest absolute Gasteiger partial charge is 0.439 e. The number of hydrogen-bond acceptors (Lipinski definition) is 5. The number of aryl methyl sites for hydroxylation is 1. The molecule has 1 aromatic heterocycles. The number of nitrogens with one attached hydrogen (secondary N) is 1. The Bertz CT molecular complexity index is 855. The Morgan fingerprint density at radius 2 is 1.96 bits per heavy atom. The molecule has 132 valence electrons. The highest BCUT2D eigenvalue weighted by molar-refractivity contribution is 7.91. The molecule has 1 aliphatic rings. The van der Waals surface area contributed by atoms with Crippen LogP contribution in [0, 0.1) is 17.6 Å². The van der Waals surface area contributed by atoms with Gasteiger partial charge < -0.3 is 9.64 Å². The van der Waals surface area contributed by atoms with Crippen LogP contribution < -0.4 is 4.74 Å². The Balaban J connectivity index is 1.57. The van der Waals surface area contributed by atoms with Gasteiger partial charge in [-0.1, -0.05) is 6.07 Å².